The predicted molar refractivity (Wildman–Crippen MR) is 119 cm³/mol. The molecule has 0 amide bonds. The summed E-state index contributed by atoms with van der Waals surface area (Å²) >= 11 is 8.80. The van der Waals surface area contributed by atoms with Gasteiger partial charge in [-0.25, -0.2) is 0 Å². The average Bonchev–Trinajstić information content (AvgIpc) is 2.72. The van der Waals surface area contributed by atoms with Crippen LogP contribution in [-0.2, 0) is 5.92 Å². The van der Waals surface area contributed by atoms with Gasteiger partial charge in [0.2, 0.25) is 0 Å². The van der Waals surface area contributed by atoms with Crippen molar-refractivity contribution >= 4 is 45.1 Å². The Morgan fingerprint density at radius 2 is 1.90 bits per heavy atom. The lowest BCUT2D eigenvalue weighted by Gasteiger charge is -2.30. The maximum atomic E-state index is 13.4. The minimum Gasteiger partial charge on any atom is -0.378 e. The Morgan fingerprint density at radius 3 is 2.60 bits per heavy atom. The van der Waals surface area contributed by atoms with Gasteiger partial charge in [0.15, 0.2) is 16.3 Å². The first-order chi connectivity index (χ1) is 14.2. The molecule has 1 aliphatic rings. The van der Waals surface area contributed by atoms with E-state index in [9.17, 15) is 8.78 Å². The molecular formula is C22H18AlClF2N4. The number of amidine groups is 1. The summed E-state index contributed by atoms with van der Waals surface area (Å²) in [6.07, 6.45) is 1.48. The predicted octanol–water partition coefficient (Wildman–Crippen LogP) is 5.27. The van der Waals surface area contributed by atoms with E-state index < -0.39 is 5.92 Å². The Hall–Kier alpha value is -2.46. The molecule has 4 rings (SSSR count). The largest absolute Gasteiger partial charge is 0.378 e. The summed E-state index contributed by atoms with van der Waals surface area (Å²) in [5.41, 5.74) is 4.17. The molecule has 4 nitrogen and oxygen atoms in total. The summed E-state index contributed by atoms with van der Waals surface area (Å²) in [5, 5.41) is 3.76. The fourth-order valence-electron chi connectivity index (χ4n) is 3.33. The number of halogens is 3. The third kappa shape index (κ3) is 4.20. The molecule has 0 spiro atoms. The molecule has 1 atom stereocenters. The smallest absolute Gasteiger partial charge is 0.286 e. The van der Waals surface area contributed by atoms with Crippen molar-refractivity contribution in [3.63, 3.8) is 0 Å². The second kappa shape index (κ2) is 7.99. The Labute approximate surface area is 187 Å². The first-order valence-corrected chi connectivity index (χ1v) is 10.4. The Kier molecular flexibility index (Phi) is 5.54. The van der Waals surface area contributed by atoms with Crippen LogP contribution in [0.2, 0.25) is 5.02 Å². The van der Waals surface area contributed by atoms with Gasteiger partial charge < -0.3 is 10.2 Å². The van der Waals surface area contributed by atoms with E-state index in [2.05, 4.69) is 26.6 Å². The molecule has 1 unspecified atom stereocenters. The van der Waals surface area contributed by atoms with Crippen LogP contribution in [0.15, 0.2) is 65.8 Å². The minimum absolute atomic E-state index is 0.177. The summed E-state index contributed by atoms with van der Waals surface area (Å²) in [7, 11) is 1.94. The van der Waals surface area contributed by atoms with Crippen LogP contribution in [0.3, 0.4) is 0 Å². The SMILES string of the molecule is CN(C1=N[CH]([Al])Nc2cc(Cl)ccc21)c1cccc(-c2ccc(C(C)(F)F)nc2)c1. The molecule has 3 aromatic rings. The molecule has 30 heavy (non-hydrogen) atoms. The zero-order valence-electron chi connectivity index (χ0n) is 16.4. The summed E-state index contributed by atoms with van der Waals surface area (Å²) in [5.74, 6) is -2.16. The second-order valence-corrected chi connectivity index (χ2v) is 8.23. The third-order valence-electron chi connectivity index (χ3n) is 4.89. The number of hydrogen-bond acceptors (Lipinski definition) is 4. The minimum atomic E-state index is -2.96. The Morgan fingerprint density at radius 1 is 1.10 bits per heavy atom. The number of nitrogens with zero attached hydrogens (tertiary/aromatic N) is 3. The molecule has 2 radical (unpaired) electrons. The molecule has 8 heteroatoms. The van der Waals surface area contributed by atoms with Crippen molar-refractivity contribution in [3.8, 4) is 11.1 Å². The second-order valence-electron chi connectivity index (χ2n) is 7.16. The van der Waals surface area contributed by atoms with E-state index in [-0.39, 0.29) is 10.7 Å². The molecule has 0 saturated heterocycles. The molecule has 150 valence electrons. The first-order valence-electron chi connectivity index (χ1n) is 9.31. The van der Waals surface area contributed by atoms with Gasteiger partial charge in [-0.15, -0.1) is 0 Å². The van der Waals surface area contributed by atoms with Crippen molar-refractivity contribution < 1.29 is 8.78 Å². The molecule has 0 aliphatic carbocycles. The number of benzene rings is 2. The van der Waals surface area contributed by atoms with Crippen LogP contribution in [0.5, 0.6) is 0 Å². The van der Waals surface area contributed by atoms with Crippen LogP contribution < -0.4 is 10.2 Å². The number of pyridine rings is 1. The van der Waals surface area contributed by atoms with Crippen LogP contribution in [0.4, 0.5) is 20.2 Å². The number of aromatic nitrogens is 1. The fourth-order valence-corrected chi connectivity index (χ4v) is 3.82. The maximum Gasteiger partial charge on any atom is 0.286 e. The topological polar surface area (TPSA) is 40.5 Å². The standard InChI is InChI=1S/C22H18ClF2N4.Al/c1-22(24,25)20-9-6-15(12-26-20)14-4-3-5-17(10-14)29(2)21-18-8-7-16(23)11-19(18)27-13-28-21;/h3-13,27H,1-2H3;. The zero-order valence-corrected chi connectivity index (χ0v) is 18.3. The summed E-state index contributed by atoms with van der Waals surface area (Å²) in [6.45, 7) is 0.842. The molecule has 2 aromatic carbocycles. The van der Waals surface area contributed by atoms with Gasteiger partial charge >= 0.3 is 0 Å². The van der Waals surface area contributed by atoms with Gasteiger partial charge in [-0.05, 0) is 42.0 Å². The van der Waals surface area contributed by atoms with E-state index in [1.807, 2.05) is 54.4 Å². The van der Waals surface area contributed by atoms with Crippen LogP contribution >= 0.6 is 11.6 Å². The number of anilines is 2. The van der Waals surface area contributed by atoms with Crippen molar-refractivity contribution in [3.05, 3.63) is 77.1 Å². The van der Waals surface area contributed by atoms with E-state index in [4.69, 9.17) is 16.6 Å². The van der Waals surface area contributed by atoms with Crippen molar-refractivity contribution in [2.45, 2.75) is 17.9 Å². The molecule has 1 aliphatic heterocycles. The molecule has 0 fully saturated rings. The number of aliphatic imine (C=N–C) groups is 1. The van der Waals surface area contributed by atoms with Crippen LogP contribution in [-0.4, -0.2) is 39.2 Å². The number of rotatable bonds is 3. The van der Waals surface area contributed by atoms with Crippen molar-refractivity contribution in [2.24, 2.45) is 4.99 Å². The normalized spacial score (nSPS) is 15.8. The van der Waals surface area contributed by atoms with Gasteiger partial charge in [0.05, 0.1) is 0 Å². The molecule has 2 heterocycles. The van der Waals surface area contributed by atoms with Crippen LogP contribution in [0, 0.1) is 0 Å². The molecule has 0 bridgehead atoms. The van der Waals surface area contributed by atoms with Crippen LogP contribution in [0.1, 0.15) is 18.2 Å². The quantitative estimate of drug-likeness (QED) is 0.566. The van der Waals surface area contributed by atoms with Gasteiger partial charge in [0, 0.05) is 52.7 Å². The van der Waals surface area contributed by atoms with E-state index >= 15 is 0 Å². The highest BCUT2D eigenvalue weighted by atomic mass is 35.5. The number of nitrogens with one attached hydrogen (secondary N) is 1. The number of fused-ring (bicyclic) bond motifs is 1. The van der Waals surface area contributed by atoms with Crippen molar-refractivity contribution in [2.75, 3.05) is 17.3 Å². The van der Waals surface area contributed by atoms with Gasteiger partial charge in [-0.1, -0.05) is 29.8 Å². The van der Waals surface area contributed by atoms with Gasteiger partial charge in [0.25, 0.3) is 5.92 Å². The Bertz CT molecular complexity index is 1110. The first kappa shape index (κ1) is 20.8. The maximum absolute atomic E-state index is 13.4. The lowest BCUT2D eigenvalue weighted by molar-refractivity contribution is 0.0128. The summed E-state index contributed by atoms with van der Waals surface area (Å²) < 4.78 is 26.9. The molecule has 1 aromatic heterocycles. The van der Waals surface area contributed by atoms with E-state index in [1.165, 1.54) is 12.3 Å². The van der Waals surface area contributed by atoms with Gasteiger partial charge in [-0.2, -0.15) is 8.78 Å². The fraction of sp³-hybridized carbons (Fsp3) is 0.182. The number of alkyl halides is 2. The van der Waals surface area contributed by atoms with Gasteiger partial charge in [-0.3, -0.25) is 9.98 Å². The third-order valence-corrected chi connectivity index (χ3v) is 5.44. The lowest BCUT2D eigenvalue weighted by Crippen LogP contribution is -2.35. The molecule has 0 saturated carbocycles. The zero-order chi connectivity index (χ0) is 21.5. The molecular weight excluding hydrogens is 421 g/mol. The average molecular weight is 439 g/mol. The lowest BCUT2D eigenvalue weighted by atomic mass is 10.0. The van der Waals surface area contributed by atoms with Crippen LogP contribution in [0.25, 0.3) is 11.1 Å². The van der Waals surface area contributed by atoms with Crippen molar-refractivity contribution in [1.82, 2.24) is 4.98 Å². The number of hydrogen-bond donors (Lipinski definition) is 1. The molecule has 1 N–H and O–H groups in total. The highest BCUT2D eigenvalue weighted by Crippen LogP contribution is 2.31. The van der Waals surface area contributed by atoms with Gasteiger partial charge in [0.1, 0.15) is 11.5 Å². The van der Waals surface area contributed by atoms with E-state index in [0.29, 0.717) is 5.02 Å². The van der Waals surface area contributed by atoms with E-state index in [0.717, 1.165) is 40.8 Å². The Balaban J connectivity index is 1.67. The highest BCUT2D eigenvalue weighted by Gasteiger charge is 2.26. The van der Waals surface area contributed by atoms with Crippen molar-refractivity contribution in [1.29, 1.82) is 0 Å². The van der Waals surface area contributed by atoms with E-state index in [1.54, 1.807) is 6.07 Å². The highest BCUT2D eigenvalue weighted by molar-refractivity contribution is 6.31. The monoisotopic (exact) mass is 438 g/mol. The summed E-state index contributed by atoms with van der Waals surface area (Å²) in [6, 6.07) is 16.5. The summed E-state index contributed by atoms with van der Waals surface area (Å²) in [4.78, 5) is 10.7.